The highest BCUT2D eigenvalue weighted by Gasteiger charge is 2.51. The molecule has 2 aromatic carbocycles. The van der Waals surface area contributed by atoms with Gasteiger partial charge in [0.1, 0.15) is 18.1 Å². The molecule has 2 aromatic rings. The fraction of sp³-hybridized carbons (Fsp3) is 0.571. The minimum Gasteiger partial charge on any atom is -0.497 e. The molecule has 1 saturated heterocycles. The topological polar surface area (TPSA) is 66.4 Å². The molecule has 3 rings (SSSR count). The molecule has 1 heterocycles. The second-order valence-corrected chi connectivity index (χ2v) is 14.3. The van der Waals surface area contributed by atoms with Gasteiger partial charge in [0.25, 0.3) is 0 Å². The predicted molar refractivity (Wildman–Crippen MR) is 140 cm³/mol. The van der Waals surface area contributed by atoms with E-state index in [-0.39, 0.29) is 23.1 Å². The SMILES string of the molecule is COc1ccc(OC[C@@H]2C[C@@H](C)[C@H](O)[C@@H](COCc3ccccc3)O[Si](C(C)C)(C(C)C)O2)cc1. The summed E-state index contributed by atoms with van der Waals surface area (Å²) in [5.41, 5.74) is 1.50. The highest BCUT2D eigenvalue weighted by atomic mass is 28.4. The van der Waals surface area contributed by atoms with E-state index in [1.165, 1.54) is 0 Å². The number of rotatable bonds is 10. The van der Waals surface area contributed by atoms with Crippen molar-refractivity contribution < 1.29 is 28.2 Å². The molecule has 0 saturated carbocycles. The molecular formula is C28H42O6Si. The Labute approximate surface area is 211 Å². The van der Waals surface area contributed by atoms with Crippen molar-refractivity contribution in [1.82, 2.24) is 0 Å². The van der Waals surface area contributed by atoms with Gasteiger partial charge in [-0.15, -0.1) is 0 Å². The van der Waals surface area contributed by atoms with Gasteiger partial charge in [-0.3, -0.25) is 0 Å². The third kappa shape index (κ3) is 7.30. The molecule has 0 aromatic heterocycles. The Bertz CT molecular complexity index is 865. The average Bonchev–Trinajstić information content (AvgIpc) is 2.85. The second kappa shape index (κ2) is 12.9. The van der Waals surface area contributed by atoms with Gasteiger partial charge >= 0.3 is 8.56 Å². The van der Waals surface area contributed by atoms with Gasteiger partial charge in [-0.25, -0.2) is 0 Å². The van der Waals surface area contributed by atoms with Crippen LogP contribution in [0.3, 0.4) is 0 Å². The molecule has 1 aliphatic rings. The van der Waals surface area contributed by atoms with Crippen LogP contribution in [0.2, 0.25) is 11.1 Å². The van der Waals surface area contributed by atoms with Gasteiger partial charge in [-0.2, -0.15) is 0 Å². The molecule has 194 valence electrons. The number of benzene rings is 2. The summed E-state index contributed by atoms with van der Waals surface area (Å²) in [6.45, 7) is 11.9. The molecular weight excluding hydrogens is 460 g/mol. The van der Waals surface area contributed by atoms with Crippen LogP contribution in [0.15, 0.2) is 54.6 Å². The fourth-order valence-electron chi connectivity index (χ4n) is 4.74. The molecule has 6 nitrogen and oxygen atoms in total. The summed E-state index contributed by atoms with van der Waals surface area (Å²) in [7, 11) is -1.09. The Morgan fingerprint density at radius 1 is 0.914 bits per heavy atom. The van der Waals surface area contributed by atoms with Crippen molar-refractivity contribution in [2.24, 2.45) is 5.92 Å². The molecule has 0 spiro atoms. The quantitative estimate of drug-likeness (QED) is 0.419. The number of aliphatic hydroxyl groups excluding tert-OH is 1. The maximum atomic E-state index is 11.3. The highest BCUT2D eigenvalue weighted by molar-refractivity contribution is 6.70. The summed E-state index contributed by atoms with van der Waals surface area (Å²) in [4.78, 5) is 0. The zero-order chi connectivity index (χ0) is 25.4. The predicted octanol–water partition coefficient (Wildman–Crippen LogP) is 5.72. The van der Waals surface area contributed by atoms with Gasteiger partial charge in [0.15, 0.2) is 0 Å². The lowest BCUT2D eigenvalue weighted by atomic mass is 9.94. The first-order valence-corrected chi connectivity index (χ1v) is 14.6. The largest absolute Gasteiger partial charge is 0.497 e. The number of hydrogen-bond acceptors (Lipinski definition) is 6. The van der Waals surface area contributed by atoms with E-state index in [4.69, 9.17) is 23.1 Å². The van der Waals surface area contributed by atoms with Crippen molar-refractivity contribution in [3.63, 3.8) is 0 Å². The zero-order valence-electron chi connectivity index (χ0n) is 22.0. The average molecular weight is 503 g/mol. The Hall–Kier alpha value is -1.90. The normalized spacial score (nSPS) is 24.7. The van der Waals surface area contributed by atoms with Gasteiger partial charge < -0.3 is 28.2 Å². The van der Waals surface area contributed by atoms with E-state index in [0.717, 1.165) is 17.1 Å². The molecule has 0 radical (unpaired) electrons. The van der Waals surface area contributed by atoms with Gasteiger partial charge in [0, 0.05) is 0 Å². The number of hydrogen-bond donors (Lipinski definition) is 1. The van der Waals surface area contributed by atoms with Crippen LogP contribution in [0.1, 0.15) is 46.6 Å². The smallest absolute Gasteiger partial charge is 0.344 e. The van der Waals surface area contributed by atoms with Crippen LogP contribution < -0.4 is 9.47 Å². The van der Waals surface area contributed by atoms with Crippen LogP contribution in [0.4, 0.5) is 0 Å². The van der Waals surface area contributed by atoms with E-state index in [1.54, 1.807) is 7.11 Å². The van der Waals surface area contributed by atoms with Crippen LogP contribution in [0, 0.1) is 5.92 Å². The number of ether oxygens (including phenoxy) is 3. The standard InChI is InChI=1S/C28H42O6Si/c1-20(2)35(21(3)4)33-26(18-32-25-14-12-24(30-6)13-15-25)16-22(5)28(29)27(34-35)19-31-17-23-10-8-7-9-11-23/h7-15,20-22,26-29H,16-19H2,1-6H3/t22-,26+,27-,28+/m1/s1. The van der Waals surface area contributed by atoms with Crippen LogP contribution in [-0.2, 0) is 20.2 Å². The molecule has 0 amide bonds. The van der Waals surface area contributed by atoms with Gasteiger partial charge in [-0.1, -0.05) is 65.0 Å². The Kier molecular flexibility index (Phi) is 10.2. The van der Waals surface area contributed by atoms with E-state index in [9.17, 15) is 5.11 Å². The van der Waals surface area contributed by atoms with E-state index in [1.807, 2.05) is 61.5 Å². The molecule has 0 unspecified atom stereocenters. The Morgan fingerprint density at radius 3 is 2.14 bits per heavy atom. The molecule has 35 heavy (non-hydrogen) atoms. The van der Waals surface area contributed by atoms with Crippen LogP contribution in [0.5, 0.6) is 11.5 Å². The van der Waals surface area contributed by atoms with Gasteiger partial charge in [0.2, 0.25) is 0 Å². The van der Waals surface area contributed by atoms with Gasteiger partial charge in [-0.05, 0) is 53.3 Å². The number of aliphatic hydroxyl groups is 1. The summed E-state index contributed by atoms with van der Waals surface area (Å²) < 4.78 is 31.0. The summed E-state index contributed by atoms with van der Waals surface area (Å²) in [6.07, 6.45) is -0.579. The fourth-order valence-corrected chi connectivity index (χ4v) is 8.58. The second-order valence-electron chi connectivity index (χ2n) is 10.1. The Morgan fingerprint density at radius 2 is 1.54 bits per heavy atom. The summed E-state index contributed by atoms with van der Waals surface area (Å²) in [6, 6.07) is 17.6. The van der Waals surface area contributed by atoms with Crippen LogP contribution >= 0.6 is 0 Å². The minimum absolute atomic E-state index is 0.0314. The van der Waals surface area contributed by atoms with E-state index in [2.05, 4.69) is 27.7 Å². The lowest BCUT2D eigenvalue weighted by molar-refractivity contribution is -0.0962. The zero-order valence-corrected chi connectivity index (χ0v) is 23.0. The molecule has 0 aliphatic carbocycles. The van der Waals surface area contributed by atoms with Crippen LogP contribution in [-0.4, -0.2) is 52.3 Å². The third-order valence-corrected chi connectivity index (χ3v) is 11.4. The first kappa shape index (κ1) is 27.7. The molecule has 1 fully saturated rings. The number of methoxy groups -OCH3 is 1. The minimum atomic E-state index is -2.74. The molecule has 7 heteroatoms. The molecule has 0 bridgehead atoms. The van der Waals surface area contributed by atoms with E-state index in [0.29, 0.717) is 26.2 Å². The van der Waals surface area contributed by atoms with E-state index < -0.39 is 20.8 Å². The Balaban J connectivity index is 1.73. The summed E-state index contributed by atoms with van der Waals surface area (Å²) in [5, 5.41) is 11.3. The van der Waals surface area contributed by atoms with Crippen molar-refractivity contribution in [3.8, 4) is 11.5 Å². The first-order chi connectivity index (χ1) is 16.7. The van der Waals surface area contributed by atoms with Crippen LogP contribution in [0.25, 0.3) is 0 Å². The van der Waals surface area contributed by atoms with E-state index >= 15 is 0 Å². The van der Waals surface area contributed by atoms with Crippen molar-refractivity contribution in [2.75, 3.05) is 20.3 Å². The van der Waals surface area contributed by atoms with Crippen molar-refractivity contribution >= 4 is 8.56 Å². The first-order valence-electron chi connectivity index (χ1n) is 12.7. The summed E-state index contributed by atoms with van der Waals surface area (Å²) in [5.74, 6) is 1.52. The molecule has 1 N–H and O–H groups in total. The van der Waals surface area contributed by atoms with Crippen molar-refractivity contribution in [1.29, 1.82) is 0 Å². The third-order valence-electron chi connectivity index (χ3n) is 6.78. The molecule has 4 atom stereocenters. The summed E-state index contributed by atoms with van der Waals surface area (Å²) >= 11 is 0. The lowest BCUT2D eigenvalue weighted by Gasteiger charge is -2.46. The maximum absolute atomic E-state index is 11.3. The van der Waals surface area contributed by atoms with Crippen molar-refractivity contribution in [3.05, 3.63) is 60.2 Å². The maximum Gasteiger partial charge on any atom is 0.344 e. The lowest BCUT2D eigenvalue weighted by Crippen LogP contribution is -2.59. The highest BCUT2D eigenvalue weighted by Crippen LogP contribution is 2.40. The van der Waals surface area contributed by atoms with Crippen molar-refractivity contribution in [2.45, 2.75) is 77.0 Å². The monoisotopic (exact) mass is 502 g/mol. The molecule has 1 aliphatic heterocycles. The van der Waals surface area contributed by atoms with Gasteiger partial charge in [0.05, 0.1) is 38.6 Å².